The average molecular weight is 304 g/mol. The number of benzene rings is 1. The topological polar surface area (TPSA) is 126 Å². The summed E-state index contributed by atoms with van der Waals surface area (Å²) in [5.74, 6) is -3.26. The molecule has 2 rings (SSSR count). The molecule has 1 aliphatic heterocycles. The van der Waals surface area contributed by atoms with E-state index in [0.29, 0.717) is 5.56 Å². The van der Waals surface area contributed by atoms with Gasteiger partial charge in [0.2, 0.25) is 5.96 Å². The first-order chi connectivity index (χ1) is 10.5. The largest absolute Gasteiger partial charge is 0.442 e. The Morgan fingerprint density at radius 1 is 1.14 bits per heavy atom. The second kappa shape index (κ2) is 6.48. The van der Waals surface area contributed by atoms with E-state index in [9.17, 15) is 19.2 Å². The maximum absolute atomic E-state index is 11.7. The van der Waals surface area contributed by atoms with Crippen LogP contribution in [0.2, 0.25) is 0 Å². The molecule has 9 nitrogen and oxygen atoms in total. The van der Waals surface area contributed by atoms with Crippen LogP contribution in [-0.2, 0) is 19.1 Å². The van der Waals surface area contributed by atoms with E-state index in [1.807, 2.05) is 0 Å². The van der Waals surface area contributed by atoms with Gasteiger partial charge >= 0.3 is 5.97 Å². The monoisotopic (exact) mass is 304 g/mol. The van der Waals surface area contributed by atoms with Crippen molar-refractivity contribution >= 4 is 29.7 Å². The van der Waals surface area contributed by atoms with Crippen molar-refractivity contribution in [2.24, 2.45) is 5.10 Å². The van der Waals surface area contributed by atoms with E-state index in [4.69, 9.17) is 0 Å². The van der Waals surface area contributed by atoms with Crippen LogP contribution in [0, 0.1) is 0 Å². The Labute approximate surface area is 124 Å². The summed E-state index contributed by atoms with van der Waals surface area (Å²) in [6.07, 6.45) is -1.58. The molecule has 0 atom stereocenters. The van der Waals surface area contributed by atoms with Gasteiger partial charge in [0, 0.05) is 12.5 Å². The first kappa shape index (κ1) is 15.2. The highest BCUT2D eigenvalue weighted by Gasteiger charge is 2.36. The number of esters is 1. The van der Waals surface area contributed by atoms with Crippen molar-refractivity contribution in [1.82, 2.24) is 16.1 Å². The van der Waals surface area contributed by atoms with Crippen LogP contribution in [0.5, 0.6) is 0 Å². The van der Waals surface area contributed by atoms with E-state index in [0.717, 1.165) is 6.92 Å². The lowest BCUT2D eigenvalue weighted by Gasteiger charge is -2.22. The lowest BCUT2D eigenvalue weighted by Crippen LogP contribution is -2.61. The minimum atomic E-state index is -1.58. The number of carbonyl (C=O) groups is 4. The number of guanidine groups is 1. The second-order valence-electron chi connectivity index (χ2n) is 4.24. The van der Waals surface area contributed by atoms with Crippen LogP contribution >= 0.6 is 0 Å². The normalized spacial score (nSPS) is 17.1. The molecule has 0 bridgehead atoms. The smallest absolute Gasteiger partial charge is 0.303 e. The van der Waals surface area contributed by atoms with Gasteiger partial charge in [-0.1, -0.05) is 18.2 Å². The molecule has 1 heterocycles. The van der Waals surface area contributed by atoms with E-state index < -0.39 is 29.8 Å². The second-order valence-corrected chi connectivity index (χ2v) is 4.24. The Morgan fingerprint density at radius 3 is 2.27 bits per heavy atom. The van der Waals surface area contributed by atoms with Crippen molar-refractivity contribution in [1.29, 1.82) is 0 Å². The molecular weight excluding hydrogens is 292 g/mol. The van der Waals surface area contributed by atoms with Gasteiger partial charge in [0.15, 0.2) is 0 Å². The first-order valence-corrected chi connectivity index (χ1v) is 6.19. The van der Waals surface area contributed by atoms with Crippen LogP contribution < -0.4 is 16.1 Å². The van der Waals surface area contributed by atoms with Gasteiger partial charge in [0.05, 0.1) is 0 Å². The summed E-state index contributed by atoms with van der Waals surface area (Å²) < 4.78 is 4.55. The minimum absolute atomic E-state index is 0.261. The average Bonchev–Trinajstić information content (AvgIpc) is 2.49. The lowest BCUT2D eigenvalue weighted by atomic mass is 10.2. The zero-order valence-electron chi connectivity index (χ0n) is 11.5. The van der Waals surface area contributed by atoms with Crippen molar-refractivity contribution in [3.8, 4) is 0 Å². The highest BCUT2D eigenvalue weighted by molar-refractivity contribution is 6.20. The molecule has 1 aliphatic rings. The highest BCUT2D eigenvalue weighted by Crippen LogP contribution is 2.00. The van der Waals surface area contributed by atoms with E-state index >= 15 is 0 Å². The molecule has 3 amide bonds. The Morgan fingerprint density at radius 2 is 1.73 bits per heavy atom. The van der Waals surface area contributed by atoms with Gasteiger partial charge in [0.25, 0.3) is 23.8 Å². The summed E-state index contributed by atoms with van der Waals surface area (Å²) in [5.41, 5.74) is 2.54. The molecule has 9 heteroatoms. The van der Waals surface area contributed by atoms with Crippen LogP contribution in [0.4, 0.5) is 0 Å². The Balaban J connectivity index is 2.00. The fraction of sp³-hybridized carbons (Fsp3) is 0.154. The Bertz CT molecular complexity index is 636. The lowest BCUT2D eigenvalue weighted by molar-refractivity contribution is -0.160. The van der Waals surface area contributed by atoms with Gasteiger partial charge in [-0.25, -0.2) is 5.43 Å². The number of nitrogens with one attached hydrogen (secondary N) is 3. The molecule has 0 aliphatic carbocycles. The molecule has 1 aromatic carbocycles. The summed E-state index contributed by atoms with van der Waals surface area (Å²) in [4.78, 5) is 45.8. The number of hydrazone groups is 1. The standard InChI is InChI=1S/C13H12N4O5/c1-7(18)22-9-11(20)14-13(15-12(9)21)17-16-10(19)8-5-3-2-4-6-8/h2-6,9H,1H3,(H,16,19)(H2,14,15,17,20,21). The van der Waals surface area contributed by atoms with Crippen molar-refractivity contribution in [3.63, 3.8) is 0 Å². The summed E-state index contributed by atoms with van der Waals surface area (Å²) in [5, 5.41) is 7.98. The summed E-state index contributed by atoms with van der Waals surface area (Å²) in [7, 11) is 0. The number of carbonyl (C=O) groups excluding carboxylic acids is 4. The number of ether oxygens (including phenoxy) is 1. The quantitative estimate of drug-likeness (QED) is 0.370. The van der Waals surface area contributed by atoms with Crippen molar-refractivity contribution in [2.75, 3.05) is 0 Å². The van der Waals surface area contributed by atoms with Crippen molar-refractivity contribution in [2.45, 2.75) is 13.0 Å². The summed E-state index contributed by atoms with van der Waals surface area (Å²) >= 11 is 0. The number of hydrogen-bond donors (Lipinski definition) is 3. The van der Waals surface area contributed by atoms with Gasteiger partial charge in [-0.2, -0.15) is 0 Å². The maximum atomic E-state index is 11.7. The van der Waals surface area contributed by atoms with E-state index in [1.54, 1.807) is 30.3 Å². The molecule has 1 saturated heterocycles. The molecule has 0 radical (unpaired) electrons. The predicted octanol–water partition coefficient (Wildman–Crippen LogP) is -1.13. The first-order valence-electron chi connectivity index (χ1n) is 6.19. The molecule has 0 saturated carbocycles. The third kappa shape index (κ3) is 3.66. The number of nitrogens with zero attached hydrogens (tertiary/aromatic N) is 1. The fourth-order valence-electron chi connectivity index (χ4n) is 1.60. The zero-order chi connectivity index (χ0) is 16.1. The van der Waals surface area contributed by atoms with Gasteiger partial charge in [-0.15, -0.1) is 5.10 Å². The summed E-state index contributed by atoms with van der Waals surface area (Å²) in [6, 6.07) is 8.25. The SMILES string of the molecule is CC(=O)OC1C(=O)NC(=NNC(=O)c2ccccc2)NC1=O. The maximum Gasteiger partial charge on any atom is 0.303 e. The molecule has 1 fully saturated rings. The number of amides is 3. The molecule has 3 N–H and O–H groups in total. The minimum Gasteiger partial charge on any atom is -0.442 e. The molecule has 114 valence electrons. The van der Waals surface area contributed by atoms with E-state index in [2.05, 4.69) is 25.9 Å². The van der Waals surface area contributed by atoms with Crippen LogP contribution in [0.1, 0.15) is 17.3 Å². The third-order valence-corrected chi connectivity index (χ3v) is 2.55. The summed E-state index contributed by atoms with van der Waals surface area (Å²) in [6.45, 7) is 1.07. The van der Waals surface area contributed by atoms with E-state index in [1.165, 1.54) is 0 Å². The number of rotatable bonds is 3. The molecule has 1 aromatic rings. The highest BCUT2D eigenvalue weighted by atomic mass is 16.6. The predicted molar refractivity (Wildman–Crippen MR) is 73.2 cm³/mol. The number of hydrogen-bond acceptors (Lipinski definition) is 6. The van der Waals surface area contributed by atoms with Gasteiger partial charge < -0.3 is 4.74 Å². The van der Waals surface area contributed by atoms with Crippen LogP contribution in [-0.4, -0.2) is 35.8 Å². The van der Waals surface area contributed by atoms with Gasteiger partial charge in [0.1, 0.15) is 0 Å². The van der Waals surface area contributed by atoms with Crippen LogP contribution in [0.3, 0.4) is 0 Å². The molecule has 0 unspecified atom stereocenters. The Kier molecular flexibility index (Phi) is 4.47. The van der Waals surface area contributed by atoms with Gasteiger partial charge in [-0.3, -0.25) is 29.8 Å². The van der Waals surface area contributed by atoms with E-state index in [-0.39, 0.29) is 5.96 Å². The molecular formula is C13H12N4O5. The zero-order valence-corrected chi connectivity index (χ0v) is 11.5. The van der Waals surface area contributed by atoms with Crippen LogP contribution in [0.15, 0.2) is 35.4 Å². The van der Waals surface area contributed by atoms with Crippen molar-refractivity contribution < 1.29 is 23.9 Å². The third-order valence-electron chi connectivity index (χ3n) is 2.55. The van der Waals surface area contributed by atoms with Gasteiger partial charge in [-0.05, 0) is 12.1 Å². The molecule has 22 heavy (non-hydrogen) atoms. The molecule has 0 aromatic heterocycles. The fourth-order valence-corrected chi connectivity index (χ4v) is 1.60. The Hall–Kier alpha value is -3.23. The molecule has 0 spiro atoms. The van der Waals surface area contributed by atoms with Crippen molar-refractivity contribution in [3.05, 3.63) is 35.9 Å². The van der Waals surface area contributed by atoms with Crippen LogP contribution in [0.25, 0.3) is 0 Å².